The van der Waals surface area contributed by atoms with Crippen LogP contribution in [0.2, 0.25) is 0 Å². The van der Waals surface area contributed by atoms with Gasteiger partial charge in [-0.15, -0.1) is 11.3 Å². The van der Waals surface area contributed by atoms with E-state index < -0.39 is 0 Å². The first kappa shape index (κ1) is 15.4. The van der Waals surface area contributed by atoms with Crippen molar-refractivity contribution in [1.82, 2.24) is 29.8 Å². The molecular formula is C17H20N6S. The van der Waals surface area contributed by atoms with E-state index >= 15 is 0 Å². The zero-order valence-corrected chi connectivity index (χ0v) is 14.5. The first-order chi connectivity index (χ1) is 11.8. The molecule has 4 heterocycles. The predicted octanol–water partition coefficient (Wildman–Crippen LogP) is 3.01. The van der Waals surface area contributed by atoms with Gasteiger partial charge in [-0.1, -0.05) is 0 Å². The van der Waals surface area contributed by atoms with Crippen molar-refractivity contribution in [2.45, 2.75) is 32.2 Å². The van der Waals surface area contributed by atoms with Gasteiger partial charge in [-0.2, -0.15) is 0 Å². The molecule has 0 bridgehead atoms. The summed E-state index contributed by atoms with van der Waals surface area (Å²) in [5.41, 5.74) is 4.92. The van der Waals surface area contributed by atoms with Gasteiger partial charge in [0.1, 0.15) is 11.5 Å². The standard InChI is InChI=1S/C17H20N6S/c1-12-7-15(17-18-4-5-19-17)22-16(21-12)13-3-2-6-23(8-13)9-14-10-24-11-20-14/h4-5,7,10-11,13H,2-3,6,8-9H2,1H3,(H,18,19)/t13-/m1/s1. The molecule has 0 aliphatic carbocycles. The molecule has 0 radical (unpaired) electrons. The minimum atomic E-state index is 0.367. The zero-order chi connectivity index (χ0) is 16.4. The monoisotopic (exact) mass is 340 g/mol. The Balaban J connectivity index is 1.54. The van der Waals surface area contributed by atoms with E-state index in [1.807, 2.05) is 24.7 Å². The summed E-state index contributed by atoms with van der Waals surface area (Å²) in [5, 5.41) is 2.13. The van der Waals surface area contributed by atoms with Crippen LogP contribution in [0.3, 0.4) is 0 Å². The maximum absolute atomic E-state index is 4.79. The smallest absolute Gasteiger partial charge is 0.156 e. The van der Waals surface area contributed by atoms with E-state index in [4.69, 9.17) is 9.97 Å². The summed E-state index contributed by atoms with van der Waals surface area (Å²) in [5.74, 6) is 2.10. The lowest BCUT2D eigenvalue weighted by molar-refractivity contribution is 0.195. The summed E-state index contributed by atoms with van der Waals surface area (Å²) in [4.78, 5) is 23.8. The summed E-state index contributed by atoms with van der Waals surface area (Å²) in [6.07, 6.45) is 5.88. The number of H-pyrrole nitrogens is 1. The molecule has 24 heavy (non-hydrogen) atoms. The number of piperidine rings is 1. The Morgan fingerprint density at radius 3 is 3.08 bits per heavy atom. The van der Waals surface area contributed by atoms with Gasteiger partial charge in [0.05, 0.1) is 11.2 Å². The van der Waals surface area contributed by atoms with E-state index in [1.165, 1.54) is 6.42 Å². The summed E-state index contributed by atoms with van der Waals surface area (Å²) in [6, 6.07) is 1.98. The molecule has 124 valence electrons. The minimum Gasteiger partial charge on any atom is -0.343 e. The van der Waals surface area contributed by atoms with Crippen LogP contribution in [0.15, 0.2) is 29.4 Å². The van der Waals surface area contributed by atoms with Gasteiger partial charge >= 0.3 is 0 Å². The van der Waals surface area contributed by atoms with Crippen LogP contribution in [0.25, 0.3) is 11.5 Å². The summed E-state index contributed by atoms with van der Waals surface area (Å²) in [7, 11) is 0. The molecule has 1 saturated heterocycles. The molecule has 1 fully saturated rings. The number of imidazole rings is 1. The second-order valence-corrected chi connectivity index (χ2v) is 6.96. The minimum absolute atomic E-state index is 0.367. The normalized spacial score (nSPS) is 18.8. The van der Waals surface area contributed by atoms with E-state index in [0.29, 0.717) is 5.92 Å². The third-order valence-corrected chi connectivity index (χ3v) is 4.99. The predicted molar refractivity (Wildman–Crippen MR) is 93.7 cm³/mol. The second kappa shape index (κ2) is 6.78. The van der Waals surface area contributed by atoms with Crippen molar-refractivity contribution in [3.05, 3.63) is 46.6 Å². The molecule has 1 N–H and O–H groups in total. The van der Waals surface area contributed by atoms with Crippen molar-refractivity contribution in [3.63, 3.8) is 0 Å². The Labute approximate surface area is 145 Å². The van der Waals surface area contributed by atoms with Gasteiger partial charge in [-0.25, -0.2) is 19.9 Å². The molecule has 0 saturated carbocycles. The molecule has 0 unspecified atom stereocenters. The number of aryl methyl sites for hydroxylation is 1. The van der Waals surface area contributed by atoms with Crippen molar-refractivity contribution >= 4 is 11.3 Å². The zero-order valence-electron chi connectivity index (χ0n) is 13.6. The molecule has 1 aliphatic rings. The molecule has 4 rings (SSSR count). The van der Waals surface area contributed by atoms with Crippen LogP contribution in [0.1, 0.15) is 36.0 Å². The molecule has 1 atom stereocenters. The van der Waals surface area contributed by atoms with Gasteiger partial charge in [0, 0.05) is 42.5 Å². The maximum atomic E-state index is 4.79. The van der Waals surface area contributed by atoms with E-state index in [0.717, 1.165) is 54.8 Å². The van der Waals surface area contributed by atoms with Gasteiger partial charge in [-0.05, 0) is 32.4 Å². The highest BCUT2D eigenvalue weighted by Crippen LogP contribution is 2.27. The fourth-order valence-electron chi connectivity index (χ4n) is 3.26. The number of hydrogen-bond donors (Lipinski definition) is 1. The first-order valence-corrected chi connectivity index (χ1v) is 9.17. The Hall–Kier alpha value is -2.12. The van der Waals surface area contributed by atoms with Crippen molar-refractivity contribution in [2.75, 3.05) is 13.1 Å². The third-order valence-electron chi connectivity index (χ3n) is 4.35. The Morgan fingerprint density at radius 1 is 1.33 bits per heavy atom. The number of nitrogens with zero attached hydrogens (tertiary/aromatic N) is 5. The van der Waals surface area contributed by atoms with Crippen molar-refractivity contribution in [1.29, 1.82) is 0 Å². The Morgan fingerprint density at radius 2 is 2.29 bits per heavy atom. The largest absolute Gasteiger partial charge is 0.343 e. The summed E-state index contributed by atoms with van der Waals surface area (Å²) < 4.78 is 0. The van der Waals surface area contributed by atoms with Crippen LogP contribution in [-0.2, 0) is 6.54 Å². The molecular weight excluding hydrogens is 320 g/mol. The van der Waals surface area contributed by atoms with Crippen LogP contribution < -0.4 is 0 Å². The highest BCUT2D eigenvalue weighted by molar-refractivity contribution is 7.07. The van der Waals surface area contributed by atoms with Gasteiger partial charge in [0.25, 0.3) is 0 Å². The maximum Gasteiger partial charge on any atom is 0.156 e. The van der Waals surface area contributed by atoms with Crippen LogP contribution in [0.4, 0.5) is 0 Å². The Kier molecular flexibility index (Phi) is 4.36. The number of rotatable bonds is 4. The van der Waals surface area contributed by atoms with Crippen molar-refractivity contribution in [2.24, 2.45) is 0 Å². The van der Waals surface area contributed by atoms with Crippen LogP contribution in [0.5, 0.6) is 0 Å². The average molecular weight is 340 g/mol. The second-order valence-electron chi connectivity index (χ2n) is 6.24. The SMILES string of the molecule is Cc1cc(-c2ncc[nH]2)nc([C@@H]2CCCN(Cc3cscn3)C2)n1. The molecule has 0 aromatic carbocycles. The highest BCUT2D eigenvalue weighted by Gasteiger charge is 2.24. The average Bonchev–Trinajstić information content (AvgIpc) is 3.28. The number of nitrogens with one attached hydrogen (secondary N) is 1. The van der Waals surface area contributed by atoms with Crippen molar-refractivity contribution in [3.8, 4) is 11.5 Å². The van der Waals surface area contributed by atoms with Crippen LogP contribution in [-0.4, -0.2) is 42.9 Å². The van der Waals surface area contributed by atoms with Crippen molar-refractivity contribution < 1.29 is 0 Å². The molecule has 7 heteroatoms. The lowest BCUT2D eigenvalue weighted by Crippen LogP contribution is -2.34. The Bertz CT molecular complexity index is 784. The van der Waals surface area contributed by atoms with Crippen LogP contribution >= 0.6 is 11.3 Å². The first-order valence-electron chi connectivity index (χ1n) is 8.22. The van der Waals surface area contributed by atoms with Gasteiger partial charge in [-0.3, -0.25) is 4.90 Å². The molecule has 1 aliphatic heterocycles. The number of thiazole rings is 1. The third kappa shape index (κ3) is 3.37. The van der Waals surface area contributed by atoms with Crippen LogP contribution in [0, 0.1) is 6.92 Å². The number of likely N-dealkylation sites (tertiary alicyclic amines) is 1. The molecule has 0 amide bonds. The molecule has 6 nitrogen and oxygen atoms in total. The topological polar surface area (TPSA) is 70.6 Å². The van der Waals surface area contributed by atoms with E-state index in [9.17, 15) is 0 Å². The molecule has 3 aromatic rings. The quantitative estimate of drug-likeness (QED) is 0.790. The number of aromatic nitrogens is 5. The summed E-state index contributed by atoms with van der Waals surface area (Å²) >= 11 is 1.65. The number of aromatic amines is 1. The van der Waals surface area contributed by atoms with E-state index in [2.05, 4.69) is 25.2 Å². The van der Waals surface area contributed by atoms with Gasteiger partial charge in [0.2, 0.25) is 0 Å². The fraction of sp³-hybridized carbons (Fsp3) is 0.412. The van der Waals surface area contributed by atoms with Gasteiger partial charge in [0.15, 0.2) is 5.82 Å². The number of hydrogen-bond acceptors (Lipinski definition) is 6. The fourth-order valence-corrected chi connectivity index (χ4v) is 3.80. The van der Waals surface area contributed by atoms with E-state index in [-0.39, 0.29) is 0 Å². The summed E-state index contributed by atoms with van der Waals surface area (Å²) in [6.45, 7) is 5.04. The lowest BCUT2D eigenvalue weighted by atomic mass is 9.96. The van der Waals surface area contributed by atoms with Gasteiger partial charge < -0.3 is 4.98 Å². The van der Waals surface area contributed by atoms with E-state index in [1.54, 1.807) is 17.5 Å². The highest BCUT2D eigenvalue weighted by atomic mass is 32.1. The molecule has 3 aromatic heterocycles. The molecule has 0 spiro atoms. The lowest BCUT2D eigenvalue weighted by Gasteiger charge is -2.31.